The fourth-order valence-electron chi connectivity index (χ4n) is 9.38. The van der Waals surface area contributed by atoms with Crippen LogP contribution in [-0.2, 0) is 33.4 Å². The lowest BCUT2D eigenvalue weighted by Gasteiger charge is -2.43. The van der Waals surface area contributed by atoms with Gasteiger partial charge in [-0.1, -0.05) is 71.4 Å². The van der Waals surface area contributed by atoms with Crippen molar-refractivity contribution in [1.29, 1.82) is 0 Å². The Bertz CT molecular complexity index is 1430. The molecule has 2 bridgehead atoms. The molecule has 11 unspecified atom stereocenters. The number of esters is 1. The van der Waals surface area contributed by atoms with Gasteiger partial charge in [0.2, 0.25) is 23.1 Å². The Balaban J connectivity index is 1.61. The first kappa shape index (κ1) is 47.1. The van der Waals surface area contributed by atoms with E-state index in [0.29, 0.717) is 57.4 Å². The smallest absolute Gasteiger partial charge is 0.323 e. The molecule has 0 spiro atoms. The van der Waals surface area contributed by atoms with Gasteiger partial charge < -0.3 is 29.5 Å². The second-order valence-corrected chi connectivity index (χ2v) is 18.2. The van der Waals surface area contributed by atoms with Crippen LogP contribution in [-0.4, -0.2) is 106 Å². The third-order valence-electron chi connectivity index (χ3n) is 13.4. The van der Waals surface area contributed by atoms with Crippen molar-refractivity contribution in [2.24, 2.45) is 35.5 Å². The predicted octanol–water partition coefficient (Wildman–Crippen LogP) is 6.46. The number of rotatable bonds is 4. The van der Waals surface area contributed by atoms with Crippen LogP contribution in [0.25, 0.3) is 0 Å². The van der Waals surface area contributed by atoms with E-state index in [-0.39, 0.29) is 30.6 Å². The quantitative estimate of drug-likeness (QED) is 0.212. The van der Waals surface area contributed by atoms with Crippen molar-refractivity contribution in [1.82, 2.24) is 4.90 Å². The number of hydrogen-bond donors (Lipinski definition) is 3. The van der Waals surface area contributed by atoms with Crippen LogP contribution in [0.2, 0.25) is 0 Å². The van der Waals surface area contributed by atoms with Crippen molar-refractivity contribution in [2.45, 2.75) is 174 Å². The summed E-state index contributed by atoms with van der Waals surface area (Å²) >= 11 is 0. The van der Waals surface area contributed by atoms with E-state index in [0.717, 1.165) is 50.5 Å². The molecule has 0 aromatic carbocycles. The number of nitrogens with zero attached hydrogens (tertiary/aromatic N) is 1. The average molecular weight is 800 g/mol. The number of hydrogen-bond acceptors (Lipinski definition) is 11. The summed E-state index contributed by atoms with van der Waals surface area (Å²) in [4.78, 5) is 56.8. The molecule has 57 heavy (non-hydrogen) atoms. The predicted molar refractivity (Wildman–Crippen MR) is 219 cm³/mol. The number of aliphatic hydroxyl groups excluding tert-OH is 2. The summed E-state index contributed by atoms with van der Waals surface area (Å²) in [6.07, 6.45) is 15.8. The summed E-state index contributed by atoms with van der Waals surface area (Å²) in [7, 11) is 1.63. The number of methoxy groups -OCH3 is 1. The van der Waals surface area contributed by atoms with Crippen molar-refractivity contribution in [3.63, 3.8) is 0 Å². The topological polar surface area (TPSA) is 160 Å². The number of ketones is 3. The highest BCUT2D eigenvalue weighted by Crippen LogP contribution is 2.37. The van der Waals surface area contributed by atoms with E-state index in [9.17, 15) is 34.5 Å². The summed E-state index contributed by atoms with van der Waals surface area (Å²) < 4.78 is 18.5. The first-order chi connectivity index (χ1) is 27.0. The van der Waals surface area contributed by atoms with Crippen molar-refractivity contribution in [2.75, 3.05) is 20.2 Å². The van der Waals surface area contributed by atoms with Gasteiger partial charge in [0.15, 0.2) is 0 Å². The van der Waals surface area contributed by atoms with Crippen LogP contribution < -0.4 is 0 Å². The molecule has 4 aliphatic rings. The van der Waals surface area contributed by atoms with E-state index in [1.807, 2.05) is 56.1 Å². The number of allylic oxidation sites excluding steroid dienone is 5. The molecular formula is C46H73NO10. The van der Waals surface area contributed by atoms with E-state index in [2.05, 4.69) is 6.92 Å². The molecule has 0 amide bonds. The number of Topliss-reactive ketones (excluding diaryl/α,β-unsaturated/α-hetero) is 3. The maximum absolute atomic E-state index is 14.2. The minimum absolute atomic E-state index is 0.0378. The SMILES string of the molecule is COC1CC2CCC(C)C(O)(O2)C(=O)CN2CCCCC2C(=O)OC(C(C)CC2CCC(O)CC2)CCC(C)C(=O)C(=O)C(O)C(C)CC(C)/C=C/C=C\C=C\1C. The molecule has 0 aromatic heterocycles. The third-order valence-corrected chi connectivity index (χ3v) is 13.4. The van der Waals surface area contributed by atoms with Gasteiger partial charge in [-0.05, 0) is 120 Å². The summed E-state index contributed by atoms with van der Waals surface area (Å²) in [5.74, 6) is -5.51. The van der Waals surface area contributed by atoms with Crippen molar-refractivity contribution in [3.8, 4) is 0 Å². The lowest BCUT2D eigenvalue weighted by Crippen LogP contribution is -2.58. The van der Waals surface area contributed by atoms with Gasteiger partial charge in [-0.25, -0.2) is 0 Å². The molecule has 11 atom stereocenters. The van der Waals surface area contributed by atoms with Gasteiger partial charge in [0.05, 0.1) is 24.9 Å². The van der Waals surface area contributed by atoms with Crippen LogP contribution in [0, 0.1) is 35.5 Å². The van der Waals surface area contributed by atoms with Gasteiger partial charge in [0, 0.05) is 25.4 Å². The molecule has 1 aliphatic carbocycles. The zero-order valence-electron chi connectivity index (χ0n) is 35.8. The molecule has 11 nitrogen and oxygen atoms in total. The fraction of sp³-hybridized carbons (Fsp3) is 0.783. The minimum atomic E-state index is -2.01. The molecule has 3 aliphatic heterocycles. The van der Waals surface area contributed by atoms with Crippen LogP contribution in [0.15, 0.2) is 36.0 Å². The van der Waals surface area contributed by atoms with Gasteiger partial charge in [-0.2, -0.15) is 0 Å². The van der Waals surface area contributed by atoms with Crippen LogP contribution in [0.3, 0.4) is 0 Å². The highest BCUT2D eigenvalue weighted by atomic mass is 16.6. The molecule has 3 heterocycles. The molecule has 3 fully saturated rings. The summed E-state index contributed by atoms with van der Waals surface area (Å²) in [6, 6.07) is -0.684. The second-order valence-electron chi connectivity index (χ2n) is 18.2. The van der Waals surface area contributed by atoms with E-state index >= 15 is 0 Å². The molecule has 4 rings (SSSR count). The number of carbonyl (C=O) groups is 4. The molecule has 3 N–H and O–H groups in total. The van der Waals surface area contributed by atoms with Gasteiger partial charge in [-0.3, -0.25) is 24.1 Å². The zero-order valence-corrected chi connectivity index (χ0v) is 35.8. The number of cyclic esters (lactones) is 1. The van der Waals surface area contributed by atoms with Crippen molar-refractivity contribution in [3.05, 3.63) is 36.0 Å². The maximum atomic E-state index is 14.2. The fourth-order valence-corrected chi connectivity index (χ4v) is 9.38. The highest BCUT2D eigenvalue weighted by Gasteiger charge is 2.49. The average Bonchev–Trinajstić information content (AvgIpc) is 3.19. The first-order valence-electron chi connectivity index (χ1n) is 21.9. The standard InChI is InChI=1S/C46H73NO10/c1-29-13-9-8-10-14-30(2)40(55-7)27-37-22-17-34(6)46(54,57-37)41(49)28-47-24-12-11-15-38(47)45(53)56-39(32(4)26-35-18-20-36(48)21-19-35)23-16-31(3)42(50)44(52)43(51)33(5)25-29/h8-10,13-14,29,31-40,43,48,51,54H,11-12,15-28H2,1-7H3/b10-8-,13-9+,30-14+. The lowest BCUT2D eigenvalue weighted by atomic mass is 9.79. The highest BCUT2D eigenvalue weighted by molar-refractivity contribution is 6.39. The molecule has 11 heteroatoms. The van der Waals surface area contributed by atoms with E-state index < -0.39 is 71.2 Å². The lowest BCUT2D eigenvalue weighted by molar-refractivity contribution is -0.267. The van der Waals surface area contributed by atoms with Crippen LogP contribution in [0.1, 0.15) is 131 Å². The van der Waals surface area contributed by atoms with Gasteiger partial charge in [0.25, 0.3) is 0 Å². The Hall–Kier alpha value is -2.54. The second kappa shape index (κ2) is 22.2. The number of aliphatic hydroxyl groups is 3. The normalized spacial score (nSPS) is 40.8. The van der Waals surface area contributed by atoms with E-state index in [1.54, 1.807) is 21.0 Å². The van der Waals surface area contributed by atoms with Gasteiger partial charge in [-0.15, -0.1) is 0 Å². The largest absolute Gasteiger partial charge is 0.461 e. The number of ether oxygens (including phenoxy) is 3. The van der Waals surface area contributed by atoms with Crippen molar-refractivity contribution < 1.29 is 48.7 Å². The molecule has 322 valence electrons. The molecule has 0 radical (unpaired) electrons. The molecule has 1 saturated carbocycles. The zero-order chi connectivity index (χ0) is 41.9. The van der Waals surface area contributed by atoms with Crippen molar-refractivity contribution >= 4 is 23.3 Å². The van der Waals surface area contributed by atoms with Crippen LogP contribution >= 0.6 is 0 Å². The Morgan fingerprint density at radius 2 is 1.60 bits per heavy atom. The third kappa shape index (κ3) is 13.2. The maximum Gasteiger partial charge on any atom is 0.323 e. The molecular weight excluding hydrogens is 727 g/mol. The Kier molecular flexibility index (Phi) is 18.3. The summed E-state index contributed by atoms with van der Waals surface area (Å²) in [5.41, 5.74) is 0.957. The monoisotopic (exact) mass is 800 g/mol. The summed E-state index contributed by atoms with van der Waals surface area (Å²) in [5, 5.41) is 33.0. The van der Waals surface area contributed by atoms with Crippen LogP contribution in [0.5, 0.6) is 0 Å². The van der Waals surface area contributed by atoms with Crippen LogP contribution in [0.4, 0.5) is 0 Å². The first-order valence-corrected chi connectivity index (χ1v) is 21.9. The minimum Gasteiger partial charge on any atom is -0.461 e. The van der Waals surface area contributed by atoms with E-state index in [1.165, 1.54) is 0 Å². The molecule has 2 saturated heterocycles. The summed E-state index contributed by atoms with van der Waals surface area (Å²) in [6.45, 7) is 11.7. The number of carbonyl (C=O) groups excluding carboxylic acids is 4. The number of fused-ring (bicyclic) bond motifs is 3. The Morgan fingerprint density at radius 3 is 2.30 bits per heavy atom. The number of piperidine rings is 1. The van der Waals surface area contributed by atoms with Gasteiger partial charge in [0.1, 0.15) is 18.2 Å². The Morgan fingerprint density at radius 1 is 0.877 bits per heavy atom. The Labute approximate surface area is 341 Å². The van der Waals surface area contributed by atoms with E-state index in [4.69, 9.17) is 14.2 Å². The molecule has 0 aromatic rings. The van der Waals surface area contributed by atoms with Gasteiger partial charge >= 0.3 is 5.97 Å².